The molecule has 0 bridgehead atoms. The molecular formula is C23H16FNO6S. The van der Waals surface area contributed by atoms with Gasteiger partial charge in [-0.05, 0) is 42.5 Å². The second-order valence-corrected chi connectivity index (χ2v) is 8.44. The summed E-state index contributed by atoms with van der Waals surface area (Å²) in [6.07, 6.45) is 0. The lowest BCUT2D eigenvalue weighted by Crippen LogP contribution is -2.16. The van der Waals surface area contributed by atoms with Crippen LogP contribution in [0, 0.1) is 5.82 Å². The number of carbonyl (C=O) groups is 2. The van der Waals surface area contributed by atoms with Crippen LogP contribution >= 0.6 is 0 Å². The zero-order valence-electron chi connectivity index (χ0n) is 16.4. The molecule has 1 aromatic heterocycles. The molecule has 0 saturated heterocycles. The molecule has 0 aliphatic carbocycles. The van der Waals surface area contributed by atoms with Crippen LogP contribution in [0.2, 0.25) is 0 Å². The molecule has 1 N–H and O–H groups in total. The van der Waals surface area contributed by atoms with Crippen LogP contribution in [0.25, 0.3) is 11.0 Å². The number of halogens is 1. The van der Waals surface area contributed by atoms with Gasteiger partial charge in [-0.3, -0.25) is 9.52 Å². The highest BCUT2D eigenvalue weighted by Gasteiger charge is 2.20. The molecule has 0 atom stereocenters. The minimum Gasteiger partial charge on any atom is -0.454 e. The Balaban J connectivity index is 1.46. The summed E-state index contributed by atoms with van der Waals surface area (Å²) in [5, 5.41) is 0.738. The number of Topliss-reactive ketones (excluding diaryl/α,β-unsaturated/α-hetero) is 1. The number of benzene rings is 3. The Bertz CT molecular complexity index is 1390. The molecule has 3 aromatic carbocycles. The molecule has 4 aromatic rings. The third-order valence-corrected chi connectivity index (χ3v) is 5.90. The Morgan fingerprint density at radius 3 is 2.47 bits per heavy atom. The van der Waals surface area contributed by atoms with E-state index in [1.54, 1.807) is 30.3 Å². The molecular weight excluding hydrogens is 437 g/mol. The Labute approximate surface area is 182 Å². The number of sulfonamides is 1. The molecule has 162 valence electrons. The van der Waals surface area contributed by atoms with Crippen molar-refractivity contribution in [1.29, 1.82) is 0 Å². The number of carbonyl (C=O) groups excluding carboxylic acids is 2. The first kappa shape index (κ1) is 21.3. The van der Waals surface area contributed by atoms with Crippen molar-refractivity contribution in [3.05, 3.63) is 96.0 Å². The van der Waals surface area contributed by atoms with Crippen molar-refractivity contribution in [2.24, 2.45) is 0 Å². The van der Waals surface area contributed by atoms with Gasteiger partial charge in [0.1, 0.15) is 11.4 Å². The van der Waals surface area contributed by atoms with E-state index in [1.807, 2.05) is 0 Å². The van der Waals surface area contributed by atoms with Gasteiger partial charge in [-0.1, -0.05) is 36.4 Å². The van der Waals surface area contributed by atoms with E-state index in [0.717, 1.165) is 17.5 Å². The van der Waals surface area contributed by atoms with Crippen molar-refractivity contribution in [2.45, 2.75) is 4.90 Å². The van der Waals surface area contributed by atoms with Crippen molar-refractivity contribution in [2.75, 3.05) is 11.3 Å². The number of ether oxygens (including phenoxy) is 1. The predicted octanol–water partition coefficient (Wildman–Crippen LogP) is 4.41. The first-order valence-corrected chi connectivity index (χ1v) is 10.9. The first-order chi connectivity index (χ1) is 15.3. The number of nitrogens with one attached hydrogen (secondary N) is 1. The van der Waals surface area contributed by atoms with Crippen LogP contribution in [0.3, 0.4) is 0 Å². The van der Waals surface area contributed by atoms with Crippen LogP contribution in [0.5, 0.6) is 0 Å². The zero-order valence-corrected chi connectivity index (χ0v) is 17.3. The van der Waals surface area contributed by atoms with Gasteiger partial charge in [0.25, 0.3) is 10.0 Å². The maximum atomic E-state index is 13.8. The number of furan rings is 1. The summed E-state index contributed by atoms with van der Waals surface area (Å²) in [7, 11) is -4.16. The lowest BCUT2D eigenvalue weighted by Gasteiger charge is -2.10. The summed E-state index contributed by atoms with van der Waals surface area (Å²) >= 11 is 0. The van der Waals surface area contributed by atoms with Crippen molar-refractivity contribution in [1.82, 2.24) is 0 Å². The fraction of sp³-hybridized carbons (Fsp3) is 0.0435. The van der Waals surface area contributed by atoms with Crippen LogP contribution in [-0.2, 0) is 14.8 Å². The van der Waals surface area contributed by atoms with E-state index >= 15 is 0 Å². The lowest BCUT2D eigenvalue weighted by molar-refractivity contribution is 0.0468. The van der Waals surface area contributed by atoms with Gasteiger partial charge in [0, 0.05) is 5.39 Å². The Kier molecular flexibility index (Phi) is 5.74. The van der Waals surface area contributed by atoms with Crippen LogP contribution in [-0.4, -0.2) is 26.8 Å². The van der Waals surface area contributed by atoms with Gasteiger partial charge in [-0.15, -0.1) is 0 Å². The van der Waals surface area contributed by atoms with Crippen molar-refractivity contribution < 1.29 is 31.6 Å². The van der Waals surface area contributed by atoms with Crippen LogP contribution in [0.15, 0.2) is 88.2 Å². The van der Waals surface area contributed by atoms with Gasteiger partial charge >= 0.3 is 5.97 Å². The van der Waals surface area contributed by atoms with E-state index < -0.39 is 34.2 Å². The third-order valence-electron chi connectivity index (χ3n) is 4.53. The number of anilines is 1. The van der Waals surface area contributed by atoms with Gasteiger partial charge in [0.2, 0.25) is 5.78 Å². The Morgan fingerprint density at radius 1 is 0.938 bits per heavy atom. The average Bonchev–Trinajstić information content (AvgIpc) is 3.23. The minimum absolute atomic E-state index is 0.0458. The predicted molar refractivity (Wildman–Crippen MR) is 114 cm³/mol. The summed E-state index contributed by atoms with van der Waals surface area (Å²) < 4.78 is 51.5. The second kappa shape index (κ2) is 8.64. The summed E-state index contributed by atoms with van der Waals surface area (Å²) in [6.45, 7) is -0.580. The zero-order chi connectivity index (χ0) is 22.7. The van der Waals surface area contributed by atoms with Gasteiger partial charge in [0.15, 0.2) is 12.4 Å². The fourth-order valence-electron chi connectivity index (χ4n) is 2.94. The Hall–Kier alpha value is -3.98. The summed E-state index contributed by atoms with van der Waals surface area (Å²) in [5.74, 6) is -2.13. The molecule has 32 heavy (non-hydrogen) atoms. The molecule has 0 unspecified atom stereocenters. The third kappa shape index (κ3) is 4.52. The van der Waals surface area contributed by atoms with Gasteiger partial charge in [-0.2, -0.15) is 0 Å². The molecule has 4 rings (SSSR count). The molecule has 0 aliphatic rings. The molecule has 9 heteroatoms. The van der Waals surface area contributed by atoms with E-state index in [9.17, 15) is 22.4 Å². The topological polar surface area (TPSA) is 103 Å². The van der Waals surface area contributed by atoms with E-state index in [1.165, 1.54) is 36.4 Å². The van der Waals surface area contributed by atoms with Gasteiger partial charge in [-0.25, -0.2) is 17.6 Å². The molecule has 0 amide bonds. The highest BCUT2D eigenvalue weighted by Crippen LogP contribution is 2.21. The van der Waals surface area contributed by atoms with Crippen LogP contribution < -0.4 is 4.72 Å². The highest BCUT2D eigenvalue weighted by molar-refractivity contribution is 7.92. The standard InChI is InChI=1S/C23H16FNO6S/c24-18-9-2-3-10-19(18)25-32(28,29)17-8-5-7-16(12-17)23(27)30-14-20(26)22-13-15-6-1-4-11-21(15)31-22/h1-13,25H,14H2. The van der Waals surface area contributed by atoms with Crippen molar-refractivity contribution in [3.8, 4) is 0 Å². The quantitative estimate of drug-likeness (QED) is 0.328. The molecule has 1 heterocycles. The molecule has 0 aliphatic heterocycles. The fourth-order valence-corrected chi connectivity index (χ4v) is 4.06. The van der Waals surface area contributed by atoms with E-state index in [4.69, 9.17) is 9.15 Å². The van der Waals surface area contributed by atoms with Gasteiger partial charge < -0.3 is 9.15 Å². The smallest absolute Gasteiger partial charge is 0.338 e. The number of rotatable bonds is 7. The molecule has 7 nitrogen and oxygen atoms in total. The number of hydrogen-bond acceptors (Lipinski definition) is 6. The van der Waals surface area contributed by atoms with Crippen molar-refractivity contribution >= 4 is 38.4 Å². The van der Waals surface area contributed by atoms with Crippen LogP contribution in [0.1, 0.15) is 20.9 Å². The summed E-state index contributed by atoms with van der Waals surface area (Å²) in [6, 6.07) is 18.9. The molecule has 0 saturated carbocycles. The maximum absolute atomic E-state index is 13.8. The largest absolute Gasteiger partial charge is 0.454 e. The van der Waals surface area contributed by atoms with Gasteiger partial charge in [0.05, 0.1) is 16.1 Å². The average molecular weight is 453 g/mol. The number of ketones is 1. The lowest BCUT2D eigenvalue weighted by atomic mass is 10.2. The summed E-state index contributed by atoms with van der Waals surface area (Å²) in [4.78, 5) is 24.4. The number of para-hydroxylation sites is 2. The van der Waals surface area contributed by atoms with Crippen molar-refractivity contribution in [3.63, 3.8) is 0 Å². The highest BCUT2D eigenvalue weighted by atomic mass is 32.2. The maximum Gasteiger partial charge on any atom is 0.338 e. The van der Waals surface area contributed by atoms with E-state index in [-0.39, 0.29) is 21.9 Å². The SMILES string of the molecule is O=C(OCC(=O)c1cc2ccccc2o1)c1cccc(S(=O)(=O)Nc2ccccc2F)c1. The summed E-state index contributed by atoms with van der Waals surface area (Å²) in [5.41, 5.74) is 0.221. The number of esters is 1. The first-order valence-electron chi connectivity index (χ1n) is 9.40. The number of hydrogen-bond donors (Lipinski definition) is 1. The normalized spacial score (nSPS) is 11.3. The second-order valence-electron chi connectivity index (χ2n) is 6.76. The van der Waals surface area contributed by atoms with Crippen LogP contribution in [0.4, 0.5) is 10.1 Å². The number of fused-ring (bicyclic) bond motifs is 1. The Morgan fingerprint density at radius 2 is 1.69 bits per heavy atom. The minimum atomic E-state index is -4.16. The monoisotopic (exact) mass is 453 g/mol. The van der Waals surface area contributed by atoms with E-state index in [0.29, 0.717) is 5.58 Å². The molecule has 0 radical (unpaired) electrons. The van der Waals surface area contributed by atoms with E-state index in [2.05, 4.69) is 4.72 Å². The molecule has 0 fully saturated rings. The molecule has 0 spiro atoms.